The lowest BCUT2D eigenvalue weighted by Crippen LogP contribution is -2.51. The number of hydrogen-bond acceptors (Lipinski definition) is 4. The first-order chi connectivity index (χ1) is 6.63. The number of rotatable bonds is 1. The van der Waals surface area contributed by atoms with E-state index in [0.717, 1.165) is 13.1 Å². The van der Waals surface area contributed by atoms with Gasteiger partial charge in [0.25, 0.3) is 5.91 Å². The summed E-state index contributed by atoms with van der Waals surface area (Å²) >= 11 is 0. The van der Waals surface area contributed by atoms with Crippen molar-refractivity contribution in [2.75, 3.05) is 27.2 Å². The second-order valence-electron chi connectivity index (χ2n) is 4.12. The molecule has 0 aromatic rings. The zero-order valence-corrected chi connectivity index (χ0v) is 8.81. The molecule has 2 rings (SSSR count). The van der Waals surface area contributed by atoms with Crippen molar-refractivity contribution in [3.05, 3.63) is 0 Å². The molecule has 5 heteroatoms. The molecule has 0 saturated carbocycles. The molecule has 2 fully saturated rings. The minimum Gasteiger partial charge on any atom is -0.317 e. The Bertz CT molecular complexity index is 239. The average molecular weight is 198 g/mol. The molecule has 2 aliphatic heterocycles. The van der Waals surface area contributed by atoms with Gasteiger partial charge in [0.1, 0.15) is 12.2 Å². The molecule has 0 aromatic heterocycles. The molecule has 2 aliphatic rings. The van der Waals surface area contributed by atoms with Gasteiger partial charge in [0.05, 0.1) is 0 Å². The van der Waals surface area contributed by atoms with Crippen LogP contribution in [0.5, 0.6) is 0 Å². The fourth-order valence-electron chi connectivity index (χ4n) is 2.38. The number of carbonyl (C=O) groups is 1. The molecule has 0 spiro atoms. The van der Waals surface area contributed by atoms with Gasteiger partial charge in [-0.1, -0.05) is 0 Å². The Morgan fingerprint density at radius 3 is 2.29 bits per heavy atom. The van der Waals surface area contributed by atoms with Gasteiger partial charge in [0, 0.05) is 14.1 Å². The van der Waals surface area contributed by atoms with Gasteiger partial charge >= 0.3 is 0 Å². The number of likely N-dealkylation sites (N-methyl/N-ethyl adjacent to an activating group) is 2. The maximum Gasteiger partial charge on any atom is 0.256 e. The molecule has 0 aromatic carbocycles. The highest BCUT2D eigenvalue weighted by atomic mass is 16.2. The van der Waals surface area contributed by atoms with Gasteiger partial charge in [-0.25, -0.2) is 5.01 Å². The van der Waals surface area contributed by atoms with Crippen molar-refractivity contribution in [2.24, 2.45) is 5.73 Å². The minimum atomic E-state index is -0.386. The molecule has 0 bridgehead atoms. The molecule has 0 radical (unpaired) electrons. The van der Waals surface area contributed by atoms with Gasteiger partial charge in [-0.3, -0.25) is 14.7 Å². The minimum absolute atomic E-state index is 0.0180. The zero-order chi connectivity index (χ0) is 10.3. The van der Waals surface area contributed by atoms with Crippen LogP contribution in [0.25, 0.3) is 0 Å². The second kappa shape index (κ2) is 3.49. The predicted molar refractivity (Wildman–Crippen MR) is 53.1 cm³/mol. The van der Waals surface area contributed by atoms with Gasteiger partial charge in [0.15, 0.2) is 0 Å². The lowest BCUT2D eigenvalue weighted by Gasteiger charge is -2.32. The summed E-state index contributed by atoms with van der Waals surface area (Å²) in [5.41, 5.74) is 5.91. The van der Waals surface area contributed by atoms with Crippen molar-refractivity contribution < 1.29 is 4.79 Å². The van der Waals surface area contributed by atoms with Gasteiger partial charge in [0.2, 0.25) is 0 Å². The Hall–Kier alpha value is -0.650. The third kappa shape index (κ3) is 1.32. The predicted octanol–water partition coefficient (Wildman–Crippen LogP) is -0.946. The van der Waals surface area contributed by atoms with Crippen molar-refractivity contribution in [3.63, 3.8) is 0 Å². The van der Waals surface area contributed by atoms with E-state index in [4.69, 9.17) is 5.73 Å². The maximum atomic E-state index is 11.6. The molecular formula is C9H18N4O. The van der Waals surface area contributed by atoms with E-state index < -0.39 is 0 Å². The summed E-state index contributed by atoms with van der Waals surface area (Å²) in [7, 11) is 3.70. The number of carbonyl (C=O) groups excluding carboxylic acids is 1. The van der Waals surface area contributed by atoms with E-state index in [9.17, 15) is 4.79 Å². The lowest BCUT2D eigenvalue weighted by atomic mass is 10.2. The number of likely N-dealkylation sites (tertiary alicyclic amines) is 1. The first kappa shape index (κ1) is 9.89. The number of nitrogens with zero attached hydrogens (tertiary/aromatic N) is 3. The first-order valence-electron chi connectivity index (χ1n) is 5.13. The summed E-state index contributed by atoms with van der Waals surface area (Å²) in [5, 5.41) is 3.56. The quantitative estimate of drug-likeness (QED) is 0.590. The number of hydrogen-bond donors (Lipinski definition) is 1. The van der Waals surface area contributed by atoms with E-state index in [1.54, 1.807) is 12.1 Å². The summed E-state index contributed by atoms with van der Waals surface area (Å²) in [4.78, 5) is 13.9. The highest BCUT2D eigenvalue weighted by Crippen LogP contribution is 2.22. The van der Waals surface area contributed by atoms with Crippen molar-refractivity contribution in [1.82, 2.24) is 14.9 Å². The molecule has 5 nitrogen and oxygen atoms in total. The van der Waals surface area contributed by atoms with E-state index in [1.807, 2.05) is 12.1 Å². The Morgan fingerprint density at radius 1 is 1.29 bits per heavy atom. The third-order valence-corrected chi connectivity index (χ3v) is 3.30. The molecule has 1 amide bonds. The summed E-state index contributed by atoms with van der Waals surface area (Å²) in [5.74, 6) is 0.0180. The van der Waals surface area contributed by atoms with Gasteiger partial charge in [-0.05, 0) is 25.9 Å². The van der Waals surface area contributed by atoms with Crippen LogP contribution in [0.3, 0.4) is 0 Å². The smallest absolute Gasteiger partial charge is 0.256 e. The standard InChI is InChI=1S/C9H18N4O/c1-11-8(13-5-3-4-6-13)7(10)9(14)12(11)2/h7-8H,3-6,10H2,1-2H3. The van der Waals surface area contributed by atoms with E-state index >= 15 is 0 Å². The van der Waals surface area contributed by atoms with Crippen LogP contribution in [0.4, 0.5) is 0 Å². The van der Waals surface area contributed by atoms with Gasteiger partial charge in [-0.15, -0.1) is 0 Å². The van der Waals surface area contributed by atoms with Crippen LogP contribution >= 0.6 is 0 Å². The molecule has 14 heavy (non-hydrogen) atoms. The number of nitrogens with two attached hydrogens (primary N) is 1. The first-order valence-corrected chi connectivity index (χ1v) is 5.13. The third-order valence-electron chi connectivity index (χ3n) is 3.30. The molecule has 80 valence electrons. The van der Waals surface area contributed by atoms with E-state index in [2.05, 4.69) is 4.90 Å². The molecule has 2 heterocycles. The molecule has 2 saturated heterocycles. The normalized spacial score (nSPS) is 35.9. The fourth-order valence-corrected chi connectivity index (χ4v) is 2.38. The van der Waals surface area contributed by atoms with Crippen LogP contribution < -0.4 is 5.73 Å². The lowest BCUT2D eigenvalue weighted by molar-refractivity contribution is -0.135. The van der Waals surface area contributed by atoms with E-state index in [1.165, 1.54) is 12.8 Å². The van der Waals surface area contributed by atoms with Crippen molar-refractivity contribution in [3.8, 4) is 0 Å². The fraction of sp³-hybridized carbons (Fsp3) is 0.889. The van der Waals surface area contributed by atoms with Crippen LogP contribution in [0.1, 0.15) is 12.8 Å². The molecule has 0 aliphatic carbocycles. The second-order valence-corrected chi connectivity index (χ2v) is 4.12. The van der Waals surface area contributed by atoms with Crippen LogP contribution in [-0.4, -0.2) is 60.2 Å². The summed E-state index contributed by atoms with van der Waals surface area (Å²) < 4.78 is 0. The largest absolute Gasteiger partial charge is 0.317 e. The Kier molecular flexibility index (Phi) is 2.47. The van der Waals surface area contributed by atoms with Crippen LogP contribution in [0, 0.1) is 0 Å². The van der Waals surface area contributed by atoms with Gasteiger partial charge < -0.3 is 5.73 Å². The van der Waals surface area contributed by atoms with E-state index in [0.29, 0.717) is 0 Å². The molecular weight excluding hydrogens is 180 g/mol. The summed E-state index contributed by atoms with van der Waals surface area (Å²) in [6, 6.07) is -0.386. The summed E-state index contributed by atoms with van der Waals surface area (Å²) in [6.45, 7) is 2.12. The Morgan fingerprint density at radius 2 is 1.86 bits per heavy atom. The SMILES string of the molecule is CN1C(=O)C(N)C(N2CCCC2)N1C. The van der Waals surface area contributed by atoms with Crippen molar-refractivity contribution in [1.29, 1.82) is 0 Å². The zero-order valence-electron chi connectivity index (χ0n) is 8.81. The van der Waals surface area contributed by atoms with Crippen molar-refractivity contribution in [2.45, 2.75) is 25.0 Å². The molecule has 2 N–H and O–H groups in total. The Labute approximate surface area is 84.4 Å². The summed E-state index contributed by atoms with van der Waals surface area (Å²) in [6.07, 6.45) is 2.50. The monoisotopic (exact) mass is 198 g/mol. The molecule has 2 atom stereocenters. The number of hydrazine groups is 1. The Balaban J connectivity index is 2.14. The topological polar surface area (TPSA) is 52.8 Å². The average Bonchev–Trinajstić information content (AvgIpc) is 2.73. The highest BCUT2D eigenvalue weighted by Gasteiger charge is 2.44. The molecule has 2 unspecified atom stereocenters. The van der Waals surface area contributed by atoms with E-state index in [-0.39, 0.29) is 18.1 Å². The van der Waals surface area contributed by atoms with Crippen LogP contribution in [-0.2, 0) is 4.79 Å². The van der Waals surface area contributed by atoms with Crippen molar-refractivity contribution >= 4 is 5.91 Å². The highest BCUT2D eigenvalue weighted by molar-refractivity contribution is 5.83. The maximum absolute atomic E-state index is 11.6. The number of amides is 1. The van der Waals surface area contributed by atoms with Gasteiger partial charge in [-0.2, -0.15) is 0 Å². The van der Waals surface area contributed by atoms with Crippen LogP contribution in [0.15, 0.2) is 0 Å². The van der Waals surface area contributed by atoms with Crippen LogP contribution in [0.2, 0.25) is 0 Å².